The molecule has 2 saturated heterocycles. The van der Waals surface area contributed by atoms with Crippen LogP contribution in [0.4, 0.5) is 0 Å². The molecule has 1 aromatic carbocycles. The van der Waals surface area contributed by atoms with Crippen LogP contribution < -0.4 is 0 Å². The SMILES string of the molecule is CC1CCN(C(=O)COC(=O)c2cccc(S(=O)(=O)N3CCCC[C@H]3C)c2)CC1. The fraction of sp³-hybridized carbons (Fsp3) is 0.619. The Morgan fingerprint density at radius 2 is 1.79 bits per heavy atom. The Labute approximate surface area is 173 Å². The van der Waals surface area contributed by atoms with E-state index in [1.54, 1.807) is 4.90 Å². The van der Waals surface area contributed by atoms with Gasteiger partial charge in [-0.05, 0) is 56.7 Å². The minimum atomic E-state index is -3.67. The zero-order valence-electron chi connectivity index (χ0n) is 17.2. The van der Waals surface area contributed by atoms with Crippen molar-refractivity contribution in [2.45, 2.75) is 56.9 Å². The average Bonchev–Trinajstić information content (AvgIpc) is 2.72. The molecule has 2 aliphatic rings. The molecule has 29 heavy (non-hydrogen) atoms. The lowest BCUT2D eigenvalue weighted by atomic mass is 9.99. The third kappa shape index (κ3) is 5.17. The van der Waals surface area contributed by atoms with Gasteiger partial charge < -0.3 is 9.64 Å². The molecule has 0 aliphatic carbocycles. The van der Waals surface area contributed by atoms with Crippen LogP contribution in [-0.2, 0) is 19.6 Å². The van der Waals surface area contributed by atoms with Crippen LogP contribution in [0.3, 0.4) is 0 Å². The highest BCUT2D eigenvalue weighted by atomic mass is 32.2. The van der Waals surface area contributed by atoms with E-state index in [4.69, 9.17) is 4.74 Å². The zero-order chi connectivity index (χ0) is 21.0. The number of carbonyl (C=O) groups excluding carboxylic acids is 2. The molecule has 0 unspecified atom stereocenters. The number of sulfonamides is 1. The van der Waals surface area contributed by atoms with Crippen molar-refractivity contribution in [1.82, 2.24) is 9.21 Å². The van der Waals surface area contributed by atoms with Gasteiger partial charge in [-0.15, -0.1) is 0 Å². The molecule has 1 amide bonds. The second kappa shape index (κ2) is 9.26. The Balaban J connectivity index is 1.64. The molecular formula is C21H30N2O5S. The number of benzene rings is 1. The van der Waals surface area contributed by atoms with Crippen LogP contribution in [0.15, 0.2) is 29.2 Å². The molecule has 0 saturated carbocycles. The zero-order valence-corrected chi connectivity index (χ0v) is 18.0. The maximum Gasteiger partial charge on any atom is 0.338 e. The summed E-state index contributed by atoms with van der Waals surface area (Å²) in [6.45, 7) is 5.59. The summed E-state index contributed by atoms with van der Waals surface area (Å²) >= 11 is 0. The second-order valence-corrected chi connectivity index (χ2v) is 10.0. The van der Waals surface area contributed by atoms with E-state index in [1.807, 2.05) is 6.92 Å². The van der Waals surface area contributed by atoms with Crippen molar-refractivity contribution in [3.8, 4) is 0 Å². The molecule has 2 fully saturated rings. The van der Waals surface area contributed by atoms with E-state index in [-0.39, 0.29) is 29.0 Å². The van der Waals surface area contributed by atoms with Gasteiger partial charge in [-0.3, -0.25) is 4.79 Å². The molecule has 0 bridgehead atoms. The summed E-state index contributed by atoms with van der Waals surface area (Å²) < 4.78 is 32.6. The molecule has 3 rings (SSSR count). The van der Waals surface area contributed by atoms with Crippen molar-refractivity contribution in [2.75, 3.05) is 26.2 Å². The number of hydrogen-bond acceptors (Lipinski definition) is 5. The number of amides is 1. The van der Waals surface area contributed by atoms with E-state index < -0.39 is 16.0 Å². The lowest BCUT2D eigenvalue weighted by molar-refractivity contribution is -0.135. The van der Waals surface area contributed by atoms with E-state index in [2.05, 4.69) is 6.92 Å². The molecule has 0 spiro atoms. The molecule has 2 aliphatic heterocycles. The molecule has 0 N–H and O–H groups in total. The first-order valence-electron chi connectivity index (χ1n) is 10.4. The van der Waals surface area contributed by atoms with Crippen LogP contribution in [-0.4, -0.2) is 61.8 Å². The largest absolute Gasteiger partial charge is 0.452 e. The van der Waals surface area contributed by atoms with Gasteiger partial charge in [0.2, 0.25) is 10.0 Å². The number of hydrogen-bond donors (Lipinski definition) is 0. The van der Waals surface area contributed by atoms with E-state index in [1.165, 1.54) is 28.6 Å². The second-order valence-electron chi connectivity index (χ2n) is 8.13. The predicted molar refractivity (Wildman–Crippen MR) is 109 cm³/mol. The molecule has 8 heteroatoms. The molecule has 2 heterocycles. The van der Waals surface area contributed by atoms with Crippen molar-refractivity contribution >= 4 is 21.9 Å². The topological polar surface area (TPSA) is 84.0 Å². The number of ether oxygens (including phenoxy) is 1. The van der Waals surface area contributed by atoms with Gasteiger partial charge >= 0.3 is 5.97 Å². The van der Waals surface area contributed by atoms with Gasteiger partial charge in [0.25, 0.3) is 5.91 Å². The van der Waals surface area contributed by atoms with Crippen molar-refractivity contribution < 1.29 is 22.7 Å². The molecule has 160 valence electrons. The monoisotopic (exact) mass is 422 g/mol. The molecule has 7 nitrogen and oxygen atoms in total. The lowest BCUT2D eigenvalue weighted by Crippen LogP contribution is -2.42. The molecule has 0 aromatic heterocycles. The summed E-state index contributed by atoms with van der Waals surface area (Å²) in [4.78, 5) is 26.5. The van der Waals surface area contributed by atoms with E-state index in [9.17, 15) is 18.0 Å². The first-order chi connectivity index (χ1) is 13.8. The van der Waals surface area contributed by atoms with Crippen molar-refractivity contribution in [3.05, 3.63) is 29.8 Å². The highest BCUT2D eigenvalue weighted by Crippen LogP contribution is 2.25. The Morgan fingerprint density at radius 1 is 1.07 bits per heavy atom. The summed E-state index contributed by atoms with van der Waals surface area (Å²) in [6, 6.07) is 5.81. The van der Waals surface area contributed by atoms with Crippen LogP contribution in [0.25, 0.3) is 0 Å². The van der Waals surface area contributed by atoms with Crippen LogP contribution in [0.5, 0.6) is 0 Å². The maximum atomic E-state index is 13.0. The quantitative estimate of drug-likeness (QED) is 0.681. The van der Waals surface area contributed by atoms with Crippen molar-refractivity contribution in [2.24, 2.45) is 5.92 Å². The Hall–Kier alpha value is -1.93. The van der Waals surface area contributed by atoms with E-state index in [0.29, 0.717) is 25.6 Å². The smallest absolute Gasteiger partial charge is 0.338 e. The van der Waals surface area contributed by atoms with Crippen molar-refractivity contribution in [3.63, 3.8) is 0 Å². The van der Waals surface area contributed by atoms with Gasteiger partial charge in [-0.1, -0.05) is 19.4 Å². The first kappa shape index (κ1) is 21.8. The van der Waals surface area contributed by atoms with E-state index >= 15 is 0 Å². The minimum absolute atomic E-state index is 0.0609. The fourth-order valence-corrected chi connectivity index (χ4v) is 5.65. The van der Waals surface area contributed by atoms with Crippen LogP contribution >= 0.6 is 0 Å². The van der Waals surface area contributed by atoms with E-state index in [0.717, 1.165) is 32.1 Å². The van der Waals surface area contributed by atoms with Gasteiger partial charge in [-0.25, -0.2) is 13.2 Å². The van der Waals surface area contributed by atoms with Gasteiger partial charge in [-0.2, -0.15) is 4.31 Å². The first-order valence-corrected chi connectivity index (χ1v) is 11.8. The van der Waals surface area contributed by atoms with Crippen LogP contribution in [0.1, 0.15) is 56.3 Å². The highest BCUT2D eigenvalue weighted by Gasteiger charge is 2.31. The number of piperidine rings is 2. The Bertz CT molecular complexity index is 846. The minimum Gasteiger partial charge on any atom is -0.452 e. The number of nitrogens with zero attached hydrogens (tertiary/aromatic N) is 2. The van der Waals surface area contributed by atoms with Gasteiger partial charge in [0, 0.05) is 25.7 Å². The summed E-state index contributed by atoms with van der Waals surface area (Å²) in [5, 5.41) is 0. The summed E-state index contributed by atoms with van der Waals surface area (Å²) in [7, 11) is -3.67. The number of rotatable bonds is 5. The molecule has 0 radical (unpaired) electrons. The van der Waals surface area contributed by atoms with Gasteiger partial charge in [0.05, 0.1) is 10.5 Å². The van der Waals surface area contributed by atoms with Crippen LogP contribution in [0.2, 0.25) is 0 Å². The third-order valence-corrected chi connectivity index (χ3v) is 7.89. The summed E-state index contributed by atoms with van der Waals surface area (Å²) in [5.41, 5.74) is 0.135. The lowest BCUT2D eigenvalue weighted by Gasteiger charge is -2.32. The summed E-state index contributed by atoms with van der Waals surface area (Å²) in [5.74, 6) is -0.294. The highest BCUT2D eigenvalue weighted by molar-refractivity contribution is 7.89. The van der Waals surface area contributed by atoms with Crippen LogP contribution in [0, 0.1) is 5.92 Å². The maximum absolute atomic E-state index is 13.0. The molecule has 1 atom stereocenters. The standard InChI is InChI=1S/C21H30N2O5S/c1-16-9-12-22(13-10-16)20(24)15-28-21(25)18-7-5-8-19(14-18)29(26,27)23-11-4-3-6-17(23)2/h5,7-8,14,16-17H,3-4,6,9-13,15H2,1-2H3/t17-/m1/s1. The number of esters is 1. The fourth-order valence-electron chi connectivity index (χ4n) is 3.91. The molecule has 1 aromatic rings. The Morgan fingerprint density at radius 3 is 2.48 bits per heavy atom. The number of carbonyl (C=O) groups is 2. The van der Waals surface area contributed by atoms with Gasteiger partial charge in [0.1, 0.15) is 0 Å². The Kier molecular flexibility index (Phi) is 6.95. The predicted octanol–water partition coefficient (Wildman–Crippen LogP) is 2.67. The summed E-state index contributed by atoms with van der Waals surface area (Å²) in [6.07, 6.45) is 4.59. The molecular weight excluding hydrogens is 392 g/mol. The van der Waals surface area contributed by atoms with Gasteiger partial charge in [0.15, 0.2) is 6.61 Å². The average molecular weight is 423 g/mol. The number of likely N-dealkylation sites (tertiary alicyclic amines) is 1. The third-order valence-electron chi connectivity index (χ3n) is 5.88. The van der Waals surface area contributed by atoms with Crippen molar-refractivity contribution in [1.29, 1.82) is 0 Å². The normalized spacial score (nSPS) is 21.7.